The Morgan fingerprint density at radius 3 is 2.69 bits per heavy atom. The fourth-order valence-electron chi connectivity index (χ4n) is 3.75. The summed E-state index contributed by atoms with van der Waals surface area (Å²) in [5, 5.41) is 11.5. The molecule has 8 heteroatoms. The minimum Gasteiger partial charge on any atom is -0.385 e. The number of guanidine groups is 1. The van der Waals surface area contributed by atoms with Gasteiger partial charge in [-0.3, -0.25) is 0 Å². The minimum absolute atomic E-state index is 0.290. The van der Waals surface area contributed by atoms with Gasteiger partial charge >= 0.3 is 0 Å². The van der Waals surface area contributed by atoms with Crippen LogP contribution in [0.5, 0.6) is 0 Å². The summed E-state index contributed by atoms with van der Waals surface area (Å²) in [7, 11) is 1.77. The van der Waals surface area contributed by atoms with Gasteiger partial charge < -0.3 is 19.9 Å². The van der Waals surface area contributed by atoms with Gasteiger partial charge in [0.05, 0.1) is 0 Å². The molecule has 2 N–H and O–H groups in total. The first-order valence-corrected chi connectivity index (χ1v) is 10.6. The maximum absolute atomic E-state index is 5.93. The fourth-order valence-corrected chi connectivity index (χ4v) is 3.88. The Hall–Kier alpha value is -2.12. The molecule has 1 aliphatic rings. The highest BCUT2D eigenvalue weighted by Gasteiger charge is 2.33. The van der Waals surface area contributed by atoms with E-state index in [9.17, 15) is 0 Å². The van der Waals surface area contributed by atoms with Gasteiger partial charge in [-0.1, -0.05) is 29.6 Å². The summed E-state index contributed by atoms with van der Waals surface area (Å²) < 4.78 is 10.7. The first-order chi connectivity index (χ1) is 14.1. The van der Waals surface area contributed by atoms with E-state index in [0.29, 0.717) is 28.7 Å². The SMILES string of the molecule is CCNC(=NCc1nc(-c2ccc(Cl)cc2)no1)NCC1(CCOC)CCCC1. The molecule has 3 rings (SSSR count). The van der Waals surface area contributed by atoms with Crippen LogP contribution in [0, 0.1) is 5.41 Å². The number of methoxy groups -OCH3 is 1. The van der Waals surface area contributed by atoms with Gasteiger partial charge in [0.2, 0.25) is 11.7 Å². The van der Waals surface area contributed by atoms with Crippen LogP contribution < -0.4 is 10.6 Å². The summed E-state index contributed by atoms with van der Waals surface area (Å²) in [4.78, 5) is 9.06. The summed E-state index contributed by atoms with van der Waals surface area (Å²) in [5.41, 5.74) is 1.15. The van der Waals surface area contributed by atoms with Crippen LogP contribution in [0.15, 0.2) is 33.8 Å². The normalized spacial score (nSPS) is 16.2. The monoisotopic (exact) mass is 419 g/mol. The molecule has 2 aromatic rings. The zero-order chi connectivity index (χ0) is 20.5. The van der Waals surface area contributed by atoms with Crippen LogP contribution in [-0.2, 0) is 11.3 Å². The molecule has 0 spiro atoms. The van der Waals surface area contributed by atoms with Gasteiger partial charge in [-0.2, -0.15) is 4.98 Å². The van der Waals surface area contributed by atoms with Crippen LogP contribution in [-0.4, -0.2) is 42.9 Å². The number of hydrogen-bond donors (Lipinski definition) is 2. The van der Waals surface area contributed by atoms with Crippen LogP contribution in [0.3, 0.4) is 0 Å². The van der Waals surface area contributed by atoms with Crippen molar-refractivity contribution in [2.75, 3.05) is 26.8 Å². The summed E-state index contributed by atoms with van der Waals surface area (Å²) in [6.07, 6.45) is 6.11. The van der Waals surface area contributed by atoms with Crippen molar-refractivity contribution < 1.29 is 9.26 Å². The van der Waals surface area contributed by atoms with E-state index >= 15 is 0 Å². The molecule has 0 aliphatic heterocycles. The largest absolute Gasteiger partial charge is 0.385 e. The summed E-state index contributed by atoms with van der Waals surface area (Å²) in [6, 6.07) is 7.35. The molecular weight excluding hydrogens is 390 g/mol. The molecule has 7 nitrogen and oxygen atoms in total. The molecule has 0 radical (unpaired) electrons. The van der Waals surface area contributed by atoms with Crippen LogP contribution in [0.25, 0.3) is 11.4 Å². The number of rotatable bonds is 9. The minimum atomic E-state index is 0.290. The van der Waals surface area contributed by atoms with Gasteiger partial charge in [0.15, 0.2) is 5.96 Å². The third-order valence-electron chi connectivity index (χ3n) is 5.42. The smallest absolute Gasteiger partial charge is 0.248 e. The molecule has 1 heterocycles. The van der Waals surface area contributed by atoms with E-state index in [1.165, 1.54) is 25.7 Å². The average molecular weight is 420 g/mol. The zero-order valence-electron chi connectivity index (χ0n) is 17.2. The molecule has 0 saturated heterocycles. The van der Waals surface area contributed by atoms with Crippen molar-refractivity contribution in [2.45, 2.75) is 45.6 Å². The molecule has 29 heavy (non-hydrogen) atoms. The average Bonchev–Trinajstić information content (AvgIpc) is 3.39. The molecule has 1 aliphatic carbocycles. The zero-order valence-corrected chi connectivity index (χ0v) is 18.0. The molecule has 0 amide bonds. The molecule has 0 atom stereocenters. The van der Waals surface area contributed by atoms with E-state index < -0.39 is 0 Å². The highest BCUT2D eigenvalue weighted by atomic mass is 35.5. The van der Waals surface area contributed by atoms with Gasteiger partial charge in [0.1, 0.15) is 6.54 Å². The van der Waals surface area contributed by atoms with Crippen molar-refractivity contribution in [1.29, 1.82) is 0 Å². The topological polar surface area (TPSA) is 84.6 Å². The standard InChI is InChI=1S/C21H30ClN5O2/c1-3-23-20(25-15-21(12-13-28-2)10-4-5-11-21)24-14-18-26-19(27-29-18)16-6-8-17(22)9-7-16/h6-9H,3-5,10-15H2,1-2H3,(H2,23,24,25). The van der Waals surface area contributed by atoms with Crippen molar-refractivity contribution in [3.63, 3.8) is 0 Å². The highest BCUT2D eigenvalue weighted by molar-refractivity contribution is 6.30. The Balaban J connectivity index is 1.61. The molecular formula is C21H30ClN5O2. The number of nitrogens with one attached hydrogen (secondary N) is 2. The molecule has 0 bridgehead atoms. The van der Waals surface area contributed by atoms with Crippen LogP contribution >= 0.6 is 11.6 Å². The van der Waals surface area contributed by atoms with E-state index in [2.05, 4.69) is 32.7 Å². The van der Waals surface area contributed by atoms with Crippen molar-refractivity contribution in [3.05, 3.63) is 35.2 Å². The lowest BCUT2D eigenvalue weighted by atomic mass is 9.83. The van der Waals surface area contributed by atoms with E-state index in [-0.39, 0.29) is 0 Å². The van der Waals surface area contributed by atoms with Gasteiger partial charge in [0.25, 0.3) is 0 Å². The third kappa shape index (κ3) is 6.18. The van der Waals surface area contributed by atoms with Gasteiger partial charge in [-0.25, -0.2) is 4.99 Å². The second-order valence-corrected chi connectivity index (χ2v) is 7.95. The lowest BCUT2D eigenvalue weighted by Crippen LogP contribution is -2.43. The van der Waals surface area contributed by atoms with Crippen molar-refractivity contribution >= 4 is 17.6 Å². The number of aliphatic imine (C=N–C) groups is 1. The van der Waals surface area contributed by atoms with E-state index in [4.69, 9.17) is 20.9 Å². The molecule has 1 saturated carbocycles. The second kappa shape index (κ2) is 10.6. The molecule has 1 fully saturated rings. The van der Waals surface area contributed by atoms with Gasteiger partial charge in [-0.05, 0) is 55.9 Å². The van der Waals surface area contributed by atoms with E-state index in [0.717, 1.165) is 37.6 Å². The van der Waals surface area contributed by atoms with Crippen LogP contribution in [0.2, 0.25) is 5.02 Å². The Morgan fingerprint density at radius 2 is 2.00 bits per heavy atom. The number of aromatic nitrogens is 2. The van der Waals surface area contributed by atoms with E-state index in [1.807, 2.05) is 12.1 Å². The Kier molecular flexibility index (Phi) is 7.89. The number of halogens is 1. The first kappa shape index (κ1) is 21.6. The lowest BCUT2D eigenvalue weighted by Gasteiger charge is -2.29. The highest BCUT2D eigenvalue weighted by Crippen LogP contribution is 2.40. The second-order valence-electron chi connectivity index (χ2n) is 7.52. The fraction of sp³-hybridized carbons (Fsp3) is 0.571. The van der Waals surface area contributed by atoms with Gasteiger partial charge in [-0.15, -0.1) is 0 Å². The van der Waals surface area contributed by atoms with Crippen LogP contribution in [0.4, 0.5) is 0 Å². The maximum atomic E-state index is 5.93. The number of ether oxygens (including phenoxy) is 1. The maximum Gasteiger partial charge on any atom is 0.248 e. The Labute approximate surface area is 177 Å². The predicted octanol–water partition coefficient (Wildman–Crippen LogP) is 4.04. The summed E-state index contributed by atoms with van der Waals surface area (Å²) in [6.45, 7) is 4.85. The first-order valence-electron chi connectivity index (χ1n) is 10.2. The molecule has 158 valence electrons. The van der Waals surface area contributed by atoms with Gasteiger partial charge in [0, 0.05) is 37.4 Å². The molecule has 1 aromatic carbocycles. The third-order valence-corrected chi connectivity index (χ3v) is 5.67. The van der Waals surface area contributed by atoms with Crippen molar-refractivity contribution in [2.24, 2.45) is 10.4 Å². The van der Waals surface area contributed by atoms with Crippen molar-refractivity contribution in [1.82, 2.24) is 20.8 Å². The Morgan fingerprint density at radius 1 is 1.24 bits per heavy atom. The lowest BCUT2D eigenvalue weighted by molar-refractivity contribution is 0.138. The summed E-state index contributed by atoms with van der Waals surface area (Å²) >= 11 is 5.93. The summed E-state index contributed by atoms with van der Waals surface area (Å²) in [5.74, 6) is 1.78. The van der Waals surface area contributed by atoms with Crippen molar-refractivity contribution in [3.8, 4) is 11.4 Å². The molecule has 0 unspecified atom stereocenters. The number of benzene rings is 1. The molecule has 1 aromatic heterocycles. The quantitative estimate of drug-likeness (QED) is 0.471. The number of nitrogens with zero attached hydrogens (tertiary/aromatic N) is 3. The predicted molar refractivity (Wildman–Crippen MR) is 115 cm³/mol. The Bertz CT molecular complexity index is 785. The van der Waals surface area contributed by atoms with Crippen LogP contribution in [0.1, 0.15) is 44.9 Å². The number of hydrogen-bond acceptors (Lipinski definition) is 5. The van der Waals surface area contributed by atoms with E-state index in [1.54, 1.807) is 19.2 Å².